The smallest absolute Gasteiger partial charge is 0.260 e. The van der Waals surface area contributed by atoms with Gasteiger partial charge in [0.1, 0.15) is 5.75 Å². The molecular formula is C17H25NO2S. The molecule has 1 amide bonds. The summed E-state index contributed by atoms with van der Waals surface area (Å²) in [5, 5.41) is 3.76. The number of thioether (sulfide) groups is 1. The number of hydrogen-bond acceptors (Lipinski definition) is 3. The average molecular weight is 307 g/mol. The third-order valence-corrected chi connectivity index (χ3v) is 5.11. The summed E-state index contributed by atoms with van der Waals surface area (Å²) in [7, 11) is 0. The summed E-state index contributed by atoms with van der Waals surface area (Å²) >= 11 is 1.99. The maximum Gasteiger partial charge on any atom is 0.260 e. The summed E-state index contributed by atoms with van der Waals surface area (Å²) in [4.78, 5) is 12.0. The first-order valence-corrected chi connectivity index (χ1v) is 8.82. The lowest BCUT2D eigenvalue weighted by atomic mass is 10.2. The molecule has 1 aliphatic carbocycles. The minimum absolute atomic E-state index is 0.0384. The van der Waals surface area contributed by atoms with Gasteiger partial charge in [-0.25, -0.2) is 0 Å². The van der Waals surface area contributed by atoms with Gasteiger partial charge in [-0.3, -0.25) is 4.79 Å². The van der Waals surface area contributed by atoms with E-state index in [4.69, 9.17) is 4.74 Å². The van der Waals surface area contributed by atoms with Crippen LogP contribution in [0, 0.1) is 6.92 Å². The molecule has 1 N–H and O–H groups in total. The lowest BCUT2D eigenvalue weighted by Crippen LogP contribution is -2.37. The first-order valence-electron chi connectivity index (χ1n) is 7.78. The van der Waals surface area contributed by atoms with Crippen molar-refractivity contribution in [3.05, 3.63) is 29.8 Å². The van der Waals surface area contributed by atoms with Crippen molar-refractivity contribution in [2.75, 3.05) is 12.3 Å². The van der Waals surface area contributed by atoms with Crippen LogP contribution in [-0.2, 0) is 4.79 Å². The van der Waals surface area contributed by atoms with Crippen molar-refractivity contribution >= 4 is 17.7 Å². The van der Waals surface area contributed by atoms with Gasteiger partial charge in [-0.1, -0.05) is 25.0 Å². The van der Waals surface area contributed by atoms with Crippen LogP contribution < -0.4 is 10.1 Å². The molecule has 1 saturated carbocycles. The Morgan fingerprint density at radius 3 is 2.90 bits per heavy atom. The summed E-state index contributed by atoms with van der Waals surface area (Å²) in [5.74, 6) is 1.70. The number of rotatable bonds is 7. The first kappa shape index (κ1) is 16.2. The fraction of sp³-hybridized carbons (Fsp3) is 0.588. The van der Waals surface area contributed by atoms with E-state index in [1.807, 2.05) is 43.0 Å². The second kappa shape index (κ2) is 8.32. The molecule has 3 nitrogen and oxygen atoms in total. The van der Waals surface area contributed by atoms with Crippen LogP contribution in [0.4, 0.5) is 0 Å². The van der Waals surface area contributed by atoms with Gasteiger partial charge < -0.3 is 10.1 Å². The van der Waals surface area contributed by atoms with Crippen molar-refractivity contribution < 1.29 is 9.53 Å². The molecule has 0 bridgehead atoms. The Morgan fingerprint density at radius 1 is 1.43 bits per heavy atom. The van der Waals surface area contributed by atoms with Crippen molar-refractivity contribution in [2.24, 2.45) is 0 Å². The Balaban J connectivity index is 1.65. The third kappa shape index (κ3) is 5.62. The largest absolute Gasteiger partial charge is 0.481 e. The van der Waals surface area contributed by atoms with E-state index in [9.17, 15) is 4.79 Å². The van der Waals surface area contributed by atoms with Crippen LogP contribution in [0.25, 0.3) is 0 Å². The van der Waals surface area contributed by atoms with Crippen LogP contribution in [-0.4, -0.2) is 29.6 Å². The summed E-state index contributed by atoms with van der Waals surface area (Å²) < 4.78 is 5.67. The summed E-state index contributed by atoms with van der Waals surface area (Å²) in [6.07, 6.45) is 4.96. The Bertz CT molecular complexity index is 458. The number of aryl methyl sites for hydroxylation is 1. The Hall–Kier alpha value is -1.16. The molecule has 0 heterocycles. The highest BCUT2D eigenvalue weighted by Crippen LogP contribution is 2.28. The van der Waals surface area contributed by atoms with Gasteiger partial charge in [0.2, 0.25) is 0 Å². The third-order valence-electron chi connectivity index (χ3n) is 3.73. The van der Waals surface area contributed by atoms with E-state index in [2.05, 4.69) is 5.32 Å². The SMILES string of the molecule is Cc1cccc(O[C@@H](C)C(=O)NCCSC2CCCC2)c1. The van der Waals surface area contributed by atoms with Crippen LogP contribution in [0.3, 0.4) is 0 Å². The van der Waals surface area contributed by atoms with Crippen molar-refractivity contribution in [1.82, 2.24) is 5.32 Å². The zero-order valence-corrected chi connectivity index (χ0v) is 13.7. The van der Waals surface area contributed by atoms with Gasteiger partial charge in [-0.2, -0.15) is 11.8 Å². The first-order chi connectivity index (χ1) is 10.1. The van der Waals surface area contributed by atoms with E-state index in [1.54, 1.807) is 6.92 Å². The number of carbonyl (C=O) groups excluding carboxylic acids is 1. The summed E-state index contributed by atoms with van der Waals surface area (Å²) in [5.41, 5.74) is 1.13. The van der Waals surface area contributed by atoms with Gasteiger partial charge in [0.15, 0.2) is 6.10 Å². The fourth-order valence-electron chi connectivity index (χ4n) is 2.54. The number of ether oxygens (including phenoxy) is 1. The molecule has 1 fully saturated rings. The molecule has 0 aromatic heterocycles. The quantitative estimate of drug-likeness (QED) is 0.783. The highest BCUT2D eigenvalue weighted by atomic mass is 32.2. The minimum atomic E-state index is -0.455. The van der Waals surface area contributed by atoms with E-state index in [0.717, 1.165) is 28.9 Å². The van der Waals surface area contributed by atoms with Crippen LogP contribution in [0.1, 0.15) is 38.2 Å². The van der Waals surface area contributed by atoms with Crippen LogP contribution >= 0.6 is 11.8 Å². The number of amides is 1. The fourth-order valence-corrected chi connectivity index (χ4v) is 3.76. The molecule has 1 aromatic rings. The molecule has 116 valence electrons. The Labute approximate surface area is 131 Å². The number of benzene rings is 1. The molecule has 1 aliphatic rings. The van der Waals surface area contributed by atoms with Crippen LogP contribution in [0.15, 0.2) is 24.3 Å². The van der Waals surface area contributed by atoms with Gasteiger partial charge in [0.05, 0.1) is 0 Å². The van der Waals surface area contributed by atoms with Gasteiger partial charge in [0.25, 0.3) is 5.91 Å². The zero-order chi connectivity index (χ0) is 15.1. The summed E-state index contributed by atoms with van der Waals surface area (Å²) in [6, 6.07) is 7.78. The van der Waals surface area contributed by atoms with Crippen molar-refractivity contribution in [2.45, 2.75) is 50.9 Å². The molecule has 1 aromatic carbocycles. The Morgan fingerprint density at radius 2 is 2.19 bits per heavy atom. The molecule has 2 rings (SSSR count). The predicted molar refractivity (Wildman–Crippen MR) is 89.0 cm³/mol. The molecule has 0 saturated heterocycles. The molecule has 4 heteroatoms. The van der Waals surface area contributed by atoms with Crippen molar-refractivity contribution in [3.8, 4) is 5.75 Å². The second-order valence-corrected chi connectivity index (χ2v) is 7.05. The second-order valence-electron chi connectivity index (χ2n) is 5.64. The predicted octanol–water partition coefficient (Wildman–Crippen LogP) is 3.55. The number of nitrogens with one attached hydrogen (secondary N) is 1. The molecule has 0 aliphatic heterocycles. The van der Waals surface area contributed by atoms with E-state index in [-0.39, 0.29) is 5.91 Å². The molecule has 0 unspecified atom stereocenters. The van der Waals surface area contributed by atoms with Gasteiger partial charge >= 0.3 is 0 Å². The van der Waals surface area contributed by atoms with Gasteiger partial charge in [0, 0.05) is 17.5 Å². The Kier molecular flexibility index (Phi) is 6.43. The standard InChI is InChI=1S/C17H25NO2S/c1-13-6-5-7-15(12-13)20-14(2)17(19)18-10-11-21-16-8-3-4-9-16/h5-7,12,14,16H,3-4,8-11H2,1-2H3,(H,18,19)/t14-/m0/s1. The monoisotopic (exact) mass is 307 g/mol. The van der Waals surface area contributed by atoms with E-state index in [1.165, 1.54) is 25.7 Å². The number of hydrogen-bond donors (Lipinski definition) is 1. The van der Waals surface area contributed by atoms with Gasteiger partial charge in [-0.15, -0.1) is 0 Å². The zero-order valence-electron chi connectivity index (χ0n) is 12.9. The maximum atomic E-state index is 12.0. The van der Waals surface area contributed by atoms with Crippen LogP contribution in [0.2, 0.25) is 0 Å². The lowest BCUT2D eigenvalue weighted by Gasteiger charge is -2.15. The molecule has 0 spiro atoms. The molecule has 1 atom stereocenters. The number of carbonyl (C=O) groups is 1. The van der Waals surface area contributed by atoms with E-state index in [0.29, 0.717) is 0 Å². The lowest BCUT2D eigenvalue weighted by molar-refractivity contribution is -0.127. The molecule has 0 radical (unpaired) electrons. The topological polar surface area (TPSA) is 38.3 Å². The maximum absolute atomic E-state index is 12.0. The normalized spacial score (nSPS) is 16.7. The van der Waals surface area contributed by atoms with Crippen molar-refractivity contribution in [3.63, 3.8) is 0 Å². The summed E-state index contributed by atoms with van der Waals surface area (Å²) in [6.45, 7) is 4.53. The van der Waals surface area contributed by atoms with Crippen molar-refractivity contribution in [1.29, 1.82) is 0 Å². The van der Waals surface area contributed by atoms with Gasteiger partial charge in [-0.05, 0) is 44.4 Å². The van der Waals surface area contributed by atoms with Crippen LogP contribution in [0.5, 0.6) is 5.75 Å². The highest BCUT2D eigenvalue weighted by Gasteiger charge is 2.16. The average Bonchev–Trinajstić information content (AvgIpc) is 2.96. The van der Waals surface area contributed by atoms with E-state index >= 15 is 0 Å². The molecular weight excluding hydrogens is 282 g/mol. The minimum Gasteiger partial charge on any atom is -0.481 e. The molecule has 21 heavy (non-hydrogen) atoms. The highest BCUT2D eigenvalue weighted by molar-refractivity contribution is 7.99. The van der Waals surface area contributed by atoms with E-state index < -0.39 is 6.10 Å².